The number of fused-ring (bicyclic) bond motifs is 1. The molecule has 14 heteroatoms. The van der Waals surface area contributed by atoms with Crippen molar-refractivity contribution in [3.05, 3.63) is 89.3 Å². The predicted octanol–water partition coefficient (Wildman–Crippen LogP) is 4.27. The molecule has 0 saturated carbocycles. The third kappa shape index (κ3) is 7.29. The first-order chi connectivity index (χ1) is 22.7. The number of benzene rings is 2. The molecule has 5 aromatic rings. The molecule has 1 aliphatic rings. The van der Waals surface area contributed by atoms with Crippen LogP contribution in [0.3, 0.4) is 0 Å². The molecule has 0 bridgehead atoms. The van der Waals surface area contributed by atoms with Crippen LogP contribution in [-0.2, 0) is 21.1 Å². The molecule has 6 rings (SSSR count). The summed E-state index contributed by atoms with van der Waals surface area (Å²) in [6.07, 6.45) is 4.90. The maximum atomic E-state index is 14.1. The Morgan fingerprint density at radius 3 is 2.49 bits per heavy atom. The second kappa shape index (κ2) is 13.9. The highest BCUT2D eigenvalue weighted by atomic mass is 32.2. The summed E-state index contributed by atoms with van der Waals surface area (Å²) in [6, 6.07) is 19.5. The van der Waals surface area contributed by atoms with Gasteiger partial charge in [-0.1, -0.05) is 18.2 Å². The molecule has 0 unspecified atom stereocenters. The maximum Gasteiger partial charge on any atom is 0.276 e. The van der Waals surface area contributed by atoms with E-state index in [0.717, 1.165) is 49.4 Å². The molecule has 2 aromatic carbocycles. The fourth-order valence-electron chi connectivity index (χ4n) is 5.60. The number of hydrogen-bond donors (Lipinski definition) is 2. The van der Waals surface area contributed by atoms with Crippen molar-refractivity contribution in [1.29, 1.82) is 0 Å². The van der Waals surface area contributed by atoms with E-state index in [1.807, 2.05) is 54.6 Å². The molecule has 1 fully saturated rings. The minimum Gasteiger partial charge on any atom is -0.432 e. The lowest BCUT2D eigenvalue weighted by Crippen LogP contribution is -2.36. The number of anilines is 5. The van der Waals surface area contributed by atoms with Crippen LogP contribution in [-0.4, -0.2) is 85.5 Å². The Bertz CT molecular complexity index is 1990. The average Bonchev–Trinajstić information content (AvgIpc) is 3.57. The number of hydrogen-bond acceptors (Lipinski definition) is 12. The first-order valence-electron chi connectivity index (χ1n) is 15.4. The number of pyridine rings is 1. The van der Waals surface area contributed by atoms with Crippen LogP contribution in [0.1, 0.15) is 18.5 Å². The number of nitrogens with zero attached hydrogens (tertiary/aromatic N) is 6. The summed E-state index contributed by atoms with van der Waals surface area (Å²) in [4.78, 5) is 31.7. The Balaban J connectivity index is 1.34. The van der Waals surface area contributed by atoms with Gasteiger partial charge >= 0.3 is 0 Å². The van der Waals surface area contributed by atoms with Crippen molar-refractivity contribution in [3.8, 4) is 0 Å². The largest absolute Gasteiger partial charge is 0.432 e. The van der Waals surface area contributed by atoms with Gasteiger partial charge in [-0.15, -0.1) is 0 Å². The highest BCUT2D eigenvalue weighted by Gasteiger charge is 2.26. The summed E-state index contributed by atoms with van der Waals surface area (Å²) in [5, 5.41) is 7.12. The van der Waals surface area contributed by atoms with Crippen molar-refractivity contribution in [3.63, 3.8) is 0 Å². The zero-order valence-electron chi connectivity index (χ0n) is 26.6. The summed E-state index contributed by atoms with van der Waals surface area (Å²) < 4.78 is 37.8. The van der Waals surface area contributed by atoms with Gasteiger partial charge in [0.05, 0.1) is 18.9 Å². The summed E-state index contributed by atoms with van der Waals surface area (Å²) in [6.45, 7) is 1.94. The second-order valence-electron chi connectivity index (χ2n) is 11.6. The molecule has 0 spiro atoms. The van der Waals surface area contributed by atoms with Gasteiger partial charge in [-0.3, -0.25) is 9.36 Å². The van der Waals surface area contributed by atoms with Crippen molar-refractivity contribution < 1.29 is 17.6 Å². The van der Waals surface area contributed by atoms with Crippen molar-refractivity contribution in [1.82, 2.24) is 24.4 Å². The number of para-hydroxylation sites is 1. The fourth-order valence-corrected chi connectivity index (χ4v) is 6.84. The van der Waals surface area contributed by atoms with E-state index in [2.05, 4.69) is 32.5 Å². The van der Waals surface area contributed by atoms with Crippen molar-refractivity contribution in [2.24, 2.45) is 0 Å². The van der Waals surface area contributed by atoms with Crippen LogP contribution < -0.4 is 21.1 Å². The van der Waals surface area contributed by atoms with E-state index in [-0.39, 0.29) is 41.2 Å². The summed E-state index contributed by atoms with van der Waals surface area (Å²) in [7, 11) is 1.50. The van der Waals surface area contributed by atoms with E-state index in [9.17, 15) is 13.2 Å². The molecule has 3 aromatic heterocycles. The molecule has 1 saturated heterocycles. The first kappa shape index (κ1) is 32.2. The van der Waals surface area contributed by atoms with Crippen LogP contribution in [0.4, 0.5) is 28.7 Å². The predicted molar refractivity (Wildman–Crippen MR) is 182 cm³/mol. The number of aromatic nitrogens is 4. The molecular formula is C33H38N8O5S. The van der Waals surface area contributed by atoms with Gasteiger partial charge in [0.25, 0.3) is 5.56 Å². The highest BCUT2D eigenvalue weighted by Crippen LogP contribution is 2.26. The minimum absolute atomic E-state index is 0.0137. The number of methoxy groups -OCH3 is 1. The van der Waals surface area contributed by atoms with Gasteiger partial charge < -0.3 is 29.6 Å². The monoisotopic (exact) mass is 658 g/mol. The van der Waals surface area contributed by atoms with E-state index in [4.69, 9.17) is 14.1 Å². The van der Waals surface area contributed by atoms with Gasteiger partial charge in [0.1, 0.15) is 17.0 Å². The molecule has 246 valence electrons. The fraction of sp³-hybridized carbons (Fsp3) is 0.333. The number of sulfone groups is 1. The van der Waals surface area contributed by atoms with Gasteiger partial charge in [0, 0.05) is 48.8 Å². The molecule has 1 aliphatic heterocycles. The quantitative estimate of drug-likeness (QED) is 0.197. The maximum absolute atomic E-state index is 14.1. The molecular weight excluding hydrogens is 620 g/mol. The van der Waals surface area contributed by atoms with Crippen LogP contribution in [0.25, 0.3) is 11.0 Å². The third-order valence-corrected chi connectivity index (χ3v) is 9.89. The normalized spacial score (nSPS) is 14.4. The zero-order valence-corrected chi connectivity index (χ0v) is 27.4. The summed E-state index contributed by atoms with van der Waals surface area (Å²) in [5.41, 5.74) is 2.97. The number of rotatable bonds is 12. The van der Waals surface area contributed by atoms with E-state index >= 15 is 0 Å². The van der Waals surface area contributed by atoms with E-state index < -0.39 is 9.84 Å². The number of nitrogens with one attached hydrogen (secondary N) is 2. The van der Waals surface area contributed by atoms with Crippen molar-refractivity contribution in [2.45, 2.75) is 30.5 Å². The number of piperidine rings is 1. The van der Waals surface area contributed by atoms with Crippen LogP contribution in [0, 0.1) is 0 Å². The topological polar surface area (TPSA) is 148 Å². The molecule has 47 heavy (non-hydrogen) atoms. The smallest absolute Gasteiger partial charge is 0.276 e. The lowest BCUT2D eigenvalue weighted by atomic mass is 10.1. The van der Waals surface area contributed by atoms with Gasteiger partial charge in [-0.05, 0) is 75.4 Å². The van der Waals surface area contributed by atoms with Crippen molar-refractivity contribution >= 4 is 49.6 Å². The lowest BCUT2D eigenvalue weighted by Gasteiger charge is -2.30. The SMILES string of the molecule is COCCS(=O)(=O)c1ocnc1Cn1c(=O)c(N(C)c2ccccc2)cc2cnc(Nc3ccc(NC4CCN(C)CC4)cc3)nc21. The minimum atomic E-state index is -3.86. The Labute approximate surface area is 273 Å². The van der Waals surface area contributed by atoms with Crippen LogP contribution in [0.2, 0.25) is 0 Å². The van der Waals surface area contributed by atoms with E-state index in [0.29, 0.717) is 22.8 Å². The molecule has 13 nitrogen and oxygen atoms in total. The number of oxazole rings is 1. The molecule has 0 aliphatic carbocycles. The van der Waals surface area contributed by atoms with Crippen LogP contribution in [0.5, 0.6) is 0 Å². The molecule has 0 radical (unpaired) electrons. The summed E-state index contributed by atoms with van der Waals surface area (Å²) in [5.74, 6) is -0.0142. The zero-order chi connectivity index (χ0) is 33.0. The number of likely N-dealkylation sites (tertiary alicyclic amines) is 1. The van der Waals surface area contributed by atoms with Crippen LogP contribution in [0.15, 0.2) is 87.6 Å². The van der Waals surface area contributed by atoms with Gasteiger partial charge in [-0.25, -0.2) is 18.4 Å². The standard InChI is InChI=1S/C33H38N8O5S/c1-39-15-13-26(14-16-39)36-24-9-11-25(12-10-24)37-33-34-20-23-19-29(40(2)27-7-5-4-6-8-27)31(42)41(30(23)38-33)21-28-32(46-22-35-28)47(43,44)18-17-45-3/h4-12,19-20,22,26,36H,13-18,21H2,1-3H3,(H,34,37,38). The Morgan fingerprint density at radius 2 is 1.77 bits per heavy atom. The van der Waals surface area contributed by atoms with E-state index in [1.54, 1.807) is 24.2 Å². The number of ether oxygens (including phenoxy) is 1. The van der Waals surface area contributed by atoms with E-state index in [1.165, 1.54) is 11.7 Å². The Hall–Kier alpha value is -4.79. The molecule has 0 atom stereocenters. The molecule has 2 N–H and O–H groups in total. The second-order valence-corrected chi connectivity index (χ2v) is 13.6. The lowest BCUT2D eigenvalue weighted by molar-refractivity contribution is 0.216. The Kier molecular flexibility index (Phi) is 9.52. The average molecular weight is 659 g/mol. The Morgan fingerprint density at radius 1 is 1.04 bits per heavy atom. The summed E-state index contributed by atoms with van der Waals surface area (Å²) >= 11 is 0. The first-order valence-corrected chi connectivity index (χ1v) is 17.0. The van der Waals surface area contributed by atoms with Crippen LogP contribution >= 0.6 is 0 Å². The van der Waals surface area contributed by atoms with Gasteiger partial charge in [0.2, 0.25) is 20.9 Å². The molecule has 4 heterocycles. The highest BCUT2D eigenvalue weighted by molar-refractivity contribution is 7.91. The third-order valence-electron chi connectivity index (χ3n) is 8.29. The van der Waals surface area contributed by atoms with Gasteiger partial charge in [0.15, 0.2) is 6.39 Å². The van der Waals surface area contributed by atoms with Gasteiger partial charge in [-0.2, -0.15) is 4.98 Å². The van der Waals surface area contributed by atoms with Crippen molar-refractivity contribution in [2.75, 3.05) is 62.2 Å². The molecule has 0 amide bonds.